The minimum atomic E-state index is 0. The molecular weight excluding hydrogens is 302 g/mol. The Balaban J connectivity index is 0.00000242. The average molecular weight is 332 g/mol. The first-order valence-corrected chi connectivity index (χ1v) is 8.34. The first-order valence-electron chi connectivity index (χ1n) is 8.34. The molecule has 128 valence electrons. The minimum Gasteiger partial charge on any atom is -0.352 e. The molecule has 2 saturated heterocycles. The maximum atomic E-state index is 12.1. The molecule has 2 rings (SSSR count). The largest absolute Gasteiger partial charge is 0.352 e. The number of piperidine rings is 1. The Morgan fingerprint density at radius 2 is 2.18 bits per heavy atom. The summed E-state index contributed by atoms with van der Waals surface area (Å²) in [6.45, 7) is 7.78. The van der Waals surface area contributed by atoms with E-state index in [9.17, 15) is 9.59 Å². The fourth-order valence-electron chi connectivity index (χ4n) is 3.43. The van der Waals surface area contributed by atoms with Crippen LogP contribution in [-0.4, -0.2) is 48.9 Å². The van der Waals surface area contributed by atoms with Gasteiger partial charge in [-0.3, -0.25) is 9.59 Å². The molecule has 0 aliphatic carbocycles. The van der Waals surface area contributed by atoms with Crippen molar-refractivity contribution in [2.45, 2.75) is 52.0 Å². The first kappa shape index (κ1) is 19.2. The number of hydrogen-bond acceptors (Lipinski definition) is 3. The van der Waals surface area contributed by atoms with Crippen molar-refractivity contribution in [2.24, 2.45) is 11.8 Å². The molecule has 0 aromatic heterocycles. The summed E-state index contributed by atoms with van der Waals surface area (Å²) in [6.07, 6.45) is 4.63. The standard InChI is InChI=1S/C16H29N3O2.ClH/c1-12(14-5-3-7-17-10-14)9-15(20)18-13(2)11-19-8-4-6-16(19)21;/h12-14,17H,3-11H2,1-2H3,(H,18,20);1H. The zero-order chi connectivity index (χ0) is 15.2. The third-order valence-corrected chi connectivity index (χ3v) is 4.72. The van der Waals surface area contributed by atoms with Crippen LogP contribution < -0.4 is 10.6 Å². The fraction of sp³-hybridized carbons (Fsp3) is 0.875. The highest BCUT2D eigenvalue weighted by Crippen LogP contribution is 2.22. The second-order valence-corrected chi connectivity index (χ2v) is 6.70. The van der Waals surface area contributed by atoms with Gasteiger partial charge in [-0.05, 0) is 51.1 Å². The van der Waals surface area contributed by atoms with E-state index < -0.39 is 0 Å². The second-order valence-electron chi connectivity index (χ2n) is 6.70. The van der Waals surface area contributed by atoms with Crippen LogP contribution in [0.3, 0.4) is 0 Å². The van der Waals surface area contributed by atoms with Crippen LogP contribution in [0, 0.1) is 11.8 Å². The molecule has 3 unspecified atom stereocenters. The van der Waals surface area contributed by atoms with E-state index >= 15 is 0 Å². The summed E-state index contributed by atoms with van der Waals surface area (Å²) in [5.41, 5.74) is 0. The van der Waals surface area contributed by atoms with Gasteiger partial charge in [-0.2, -0.15) is 0 Å². The lowest BCUT2D eigenvalue weighted by Gasteiger charge is -2.28. The lowest BCUT2D eigenvalue weighted by Crippen LogP contribution is -2.43. The van der Waals surface area contributed by atoms with Crippen LogP contribution >= 0.6 is 12.4 Å². The second kappa shape index (κ2) is 9.36. The summed E-state index contributed by atoms with van der Waals surface area (Å²) in [5, 5.41) is 6.45. The zero-order valence-electron chi connectivity index (χ0n) is 13.8. The Hall–Kier alpha value is -0.810. The average Bonchev–Trinajstić information content (AvgIpc) is 2.84. The van der Waals surface area contributed by atoms with Gasteiger partial charge >= 0.3 is 0 Å². The summed E-state index contributed by atoms with van der Waals surface area (Å²) in [6, 6.07) is 0.0382. The number of nitrogens with one attached hydrogen (secondary N) is 2. The quantitative estimate of drug-likeness (QED) is 0.776. The third-order valence-electron chi connectivity index (χ3n) is 4.72. The number of nitrogens with zero attached hydrogens (tertiary/aromatic N) is 1. The van der Waals surface area contributed by atoms with E-state index in [1.807, 2.05) is 11.8 Å². The SMILES string of the molecule is CC(CN1CCCC1=O)NC(=O)CC(C)C1CCCNC1.Cl. The van der Waals surface area contributed by atoms with E-state index in [0.717, 1.165) is 26.1 Å². The zero-order valence-corrected chi connectivity index (χ0v) is 14.6. The van der Waals surface area contributed by atoms with Crippen molar-refractivity contribution < 1.29 is 9.59 Å². The van der Waals surface area contributed by atoms with Gasteiger partial charge in [0.1, 0.15) is 0 Å². The lowest BCUT2D eigenvalue weighted by atomic mass is 9.85. The number of carbonyl (C=O) groups excluding carboxylic acids is 2. The highest BCUT2D eigenvalue weighted by atomic mass is 35.5. The molecule has 0 aromatic carbocycles. The molecule has 6 heteroatoms. The Morgan fingerprint density at radius 1 is 1.41 bits per heavy atom. The molecule has 2 aliphatic rings. The Morgan fingerprint density at radius 3 is 2.77 bits per heavy atom. The van der Waals surface area contributed by atoms with Crippen LogP contribution in [-0.2, 0) is 9.59 Å². The topological polar surface area (TPSA) is 61.4 Å². The third kappa shape index (κ3) is 5.76. The van der Waals surface area contributed by atoms with Crippen molar-refractivity contribution in [3.05, 3.63) is 0 Å². The summed E-state index contributed by atoms with van der Waals surface area (Å²) in [5.74, 6) is 1.36. The molecule has 5 nitrogen and oxygen atoms in total. The maximum absolute atomic E-state index is 12.1. The highest BCUT2D eigenvalue weighted by molar-refractivity contribution is 5.85. The summed E-state index contributed by atoms with van der Waals surface area (Å²) < 4.78 is 0. The Kier molecular flexibility index (Phi) is 8.18. The predicted molar refractivity (Wildman–Crippen MR) is 90.0 cm³/mol. The Labute approximate surface area is 140 Å². The monoisotopic (exact) mass is 331 g/mol. The van der Waals surface area contributed by atoms with E-state index in [4.69, 9.17) is 0 Å². The summed E-state index contributed by atoms with van der Waals surface area (Å²) in [4.78, 5) is 25.6. The van der Waals surface area contributed by atoms with Crippen molar-refractivity contribution in [1.29, 1.82) is 0 Å². The molecule has 3 atom stereocenters. The van der Waals surface area contributed by atoms with Crippen molar-refractivity contribution >= 4 is 24.2 Å². The molecule has 2 amide bonds. The van der Waals surface area contributed by atoms with E-state index in [1.54, 1.807) is 0 Å². The molecule has 0 aromatic rings. The van der Waals surface area contributed by atoms with Crippen LogP contribution in [0.5, 0.6) is 0 Å². The van der Waals surface area contributed by atoms with Gasteiger partial charge in [-0.25, -0.2) is 0 Å². The van der Waals surface area contributed by atoms with Crippen LogP contribution in [0.15, 0.2) is 0 Å². The molecule has 0 bridgehead atoms. The van der Waals surface area contributed by atoms with Crippen LogP contribution in [0.25, 0.3) is 0 Å². The normalized spacial score (nSPS) is 24.5. The van der Waals surface area contributed by atoms with E-state index in [0.29, 0.717) is 31.2 Å². The lowest BCUT2D eigenvalue weighted by molar-refractivity contribution is -0.129. The molecule has 2 heterocycles. The van der Waals surface area contributed by atoms with Gasteiger partial charge in [-0.15, -0.1) is 12.4 Å². The fourth-order valence-corrected chi connectivity index (χ4v) is 3.43. The molecular formula is C16H30ClN3O2. The van der Waals surface area contributed by atoms with Crippen molar-refractivity contribution in [1.82, 2.24) is 15.5 Å². The number of amides is 2. The van der Waals surface area contributed by atoms with E-state index in [2.05, 4.69) is 17.6 Å². The predicted octanol–water partition coefficient (Wildman–Crippen LogP) is 1.56. The van der Waals surface area contributed by atoms with E-state index in [1.165, 1.54) is 12.8 Å². The molecule has 0 radical (unpaired) electrons. The molecule has 22 heavy (non-hydrogen) atoms. The molecule has 0 saturated carbocycles. The van der Waals surface area contributed by atoms with Gasteiger partial charge in [0, 0.05) is 32.0 Å². The molecule has 2 fully saturated rings. The van der Waals surface area contributed by atoms with Gasteiger partial charge in [0.15, 0.2) is 0 Å². The maximum Gasteiger partial charge on any atom is 0.222 e. The first-order chi connectivity index (χ1) is 10.1. The number of rotatable bonds is 6. The molecule has 2 aliphatic heterocycles. The highest BCUT2D eigenvalue weighted by Gasteiger charge is 2.24. The van der Waals surface area contributed by atoms with Crippen molar-refractivity contribution in [3.63, 3.8) is 0 Å². The smallest absolute Gasteiger partial charge is 0.222 e. The van der Waals surface area contributed by atoms with Gasteiger partial charge < -0.3 is 15.5 Å². The van der Waals surface area contributed by atoms with Gasteiger partial charge in [0.25, 0.3) is 0 Å². The van der Waals surface area contributed by atoms with E-state index in [-0.39, 0.29) is 30.3 Å². The number of halogens is 1. The number of carbonyl (C=O) groups is 2. The van der Waals surface area contributed by atoms with Crippen LogP contribution in [0.2, 0.25) is 0 Å². The minimum absolute atomic E-state index is 0. The Bertz CT molecular complexity index is 372. The van der Waals surface area contributed by atoms with Crippen molar-refractivity contribution in [2.75, 3.05) is 26.2 Å². The summed E-state index contributed by atoms with van der Waals surface area (Å²) >= 11 is 0. The van der Waals surface area contributed by atoms with Gasteiger partial charge in [-0.1, -0.05) is 6.92 Å². The van der Waals surface area contributed by atoms with Gasteiger partial charge in [0.2, 0.25) is 11.8 Å². The van der Waals surface area contributed by atoms with Crippen LogP contribution in [0.1, 0.15) is 46.0 Å². The molecule has 2 N–H and O–H groups in total. The van der Waals surface area contributed by atoms with Crippen molar-refractivity contribution in [3.8, 4) is 0 Å². The number of likely N-dealkylation sites (tertiary alicyclic amines) is 1. The summed E-state index contributed by atoms with van der Waals surface area (Å²) in [7, 11) is 0. The number of hydrogen-bond donors (Lipinski definition) is 2. The van der Waals surface area contributed by atoms with Gasteiger partial charge in [0.05, 0.1) is 0 Å². The molecule has 0 spiro atoms. The van der Waals surface area contributed by atoms with Crippen LogP contribution in [0.4, 0.5) is 0 Å².